The highest BCUT2D eigenvalue weighted by Crippen LogP contribution is 2.26. The molecule has 2 aromatic rings. The first-order valence-electron chi connectivity index (χ1n) is 7.94. The smallest absolute Gasteiger partial charge is 0.304 e. The molecule has 1 aromatic carbocycles. The van der Waals surface area contributed by atoms with Gasteiger partial charge in [-0.1, -0.05) is 12.1 Å². The quantitative estimate of drug-likeness (QED) is 0.879. The van der Waals surface area contributed by atoms with Crippen LogP contribution in [-0.4, -0.2) is 47.2 Å². The van der Waals surface area contributed by atoms with Gasteiger partial charge in [0.15, 0.2) is 0 Å². The second-order valence-electron chi connectivity index (χ2n) is 5.66. The summed E-state index contributed by atoms with van der Waals surface area (Å²) in [7, 11) is 0. The zero-order valence-corrected chi connectivity index (χ0v) is 13.3. The number of carboxylic acid groups (broad SMARTS) is 1. The summed E-state index contributed by atoms with van der Waals surface area (Å²) in [6, 6.07) is 11.5. The maximum atomic E-state index is 10.7. The fourth-order valence-electron chi connectivity index (χ4n) is 2.66. The second-order valence-corrected chi connectivity index (χ2v) is 5.66. The van der Waals surface area contributed by atoms with Crippen molar-refractivity contribution in [3.8, 4) is 11.5 Å². The van der Waals surface area contributed by atoms with Gasteiger partial charge in [-0.2, -0.15) is 0 Å². The standard InChI is InChI=1S/C18H20N2O4/c21-18(22)7-9-20-10-11-23-17(13-20)14-3-5-15(6-4-14)24-16-2-1-8-19-12-16/h1-6,8,12,17H,7,9-11,13H2,(H,21,22). The number of hydrogen-bond donors (Lipinski definition) is 1. The lowest BCUT2D eigenvalue weighted by molar-refractivity contribution is -0.137. The van der Waals surface area contributed by atoms with Gasteiger partial charge in [0.25, 0.3) is 0 Å². The Morgan fingerprint density at radius 1 is 1.29 bits per heavy atom. The summed E-state index contributed by atoms with van der Waals surface area (Å²) in [6.07, 6.45) is 3.48. The van der Waals surface area contributed by atoms with Crippen LogP contribution in [0.4, 0.5) is 0 Å². The zero-order valence-electron chi connectivity index (χ0n) is 13.3. The first-order chi connectivity index (χ1) is 11.7. The van der Waals surface area contributed by atoms with Gasteiger partial charge in [0, 0.05) is 25.8 Å². The molecule has 24 heavy (non-hydrogen) atoms. The van der Waals surface area contributed by atoms with Crippen LogP contribution >= 0.6 is 0 Å². The van der Waals surface area contributed by atoms with Crippen molar-refractivity contribution in [3.05, 3.63) is 54.4 Å². The fraction of sp³-hybridized carbons (Fsp3) is 0.333. The van der Waals surface area contributed by atoms with E-state index in [9.17, 15) is 4.79 Å². The van der Waals surface area contributed by atoms with Crippen molar-refractivity contribution in [2.45, 2.75) is 12.5 Å². The van der Waals surface area contributed by atoms with Gasteiger partial charge in [-0.3, -0.25) is 14.7 Å². The molecule has 0 amide bonds. The largest absolute Gasteiger partial charge is 0.481 e. The minimum absolute atomic E-state index is 0.0417. The third-order valence-corrected chi connectivity index (χ3v) is 3.91. The molecule has 3 rings (SSSR count). The molecule has 0 bridgehead atoms. The molecule has 1 aliphatic rings. The van der Waals surface area contributed by atoms with Crippen molar-refractivity contribution in [1.82, 2.24) is 9.88 Å². The van der Waals surface area contributed by atoms with Crippen molar-refractivity contribution in [2.75, 3.05) is 26.2 Å². The van der Waals surface area contributed by atoms with E-state index in [4.69, 9.17) is 14.6 Å². The number of nitrogens with zero attached hydrogens (tertiary/aromatic N) is 2. The molecule has 2 heterocycles. The molecular weight excluding hydrogens is 308 g/mol. The molecule has 0 saturated carbocycles. The minimum atomic E-state index is -0.769. The van der Waals surface area contributed by atoms with Crippen LogP contribution in [0.5, 0.6) is 11.5 Å². The van der Waals surface area contributed by atoms with Crippen LogP contribution in [-0.2, 0) is 9.53 Å². The third kappa shape index (κ3) is 4.53. The van der Waals surface area contributed by atoms with E-state index in [-0.39, 0.29) is 12.5 Å². The number of aromatic nitrogens is 1. The fourth-order valence-corrected chi connectivity index (χ4v) is 2.66. The molecule has 1 unspecified atom stereocenters. The maximum Gasteiger partial charge on any atom is 0.304 e. The topological polar surface area (TPSA) is 71.9 Å². The van der Waals surface area contributed by atoms with Gasteiger partial charge in [-0.15, -0.1) is 0 Å². The van der Waals surface area contributed by atoms with Gasteiger partial charge >= 0.3 is 5.97 Å². The Kier molecular flexibility index (Phi) is 5.40. The molecule has 1 aromatic heterocycles. The van der Waals surface area contributed by atoms with Gasteiger partial charge in [-0.25, -0.2) is 0 Å². The minimum Gasteiger partial charge on any atom is -0.481 e. The predicted octanol–water partition coefficient (Wildman–Crippen LogP) is 2.72. The molecule has 6 heteroatoms. The molecule has 0 aliphatic carbocycles. The Labute approximate surface area is 140 Å². The molecule has 1 atom stereocenters. The summed E-state index contributed by atoms with van der Waals surface area (Å²) in [6.45, 7) is 2.64. The van der Waals surface area contributed by atoms with Gasteiger partial charge in [-0.05, 0) is 29.8 Å². The first-order valence-corrected chi connectivity index (χ1v) is 7.94. The average molecular weight is 328 g/mol. The zero-order chi connectivity index (χ0) is 16.8. The lowest BCUT2D eigenvalue weighted by Crippen LogP contribution is -2.39. The van der Waals surface area contributed by atoms with Gasteiger partial charge in [0.2, 0.25) is 0 Å². The molecule has 1 fully saturated rings. The van der Waals surface area contributed by atoms with Gasteiger partial charge < -0.3 is 14.6 Å². The van der Waals surface area contributed by atoms with E-state index in [1.807, 2.05) is 36.4 Å². The highest BCUT2D eigenvalue weighted by atomic mass is 16.5. The lowest BCUT2D eigenvalue weighted by Gasteiger charge is -2.32. The molecule has 0 radical (unpaired) electrons. The average Bonchev–Trinajstić information content (AvgIpc) is 2.62. The molecule has 1 saturated heterocycles. The van der Waals surface area contributed by atoms with Gasteiger partial charge in [0.1, 0.15) is 11.5 Å². The van der Waals surface area contributed by atoms with Crippen molar-refractivity contribution < 1.29 is 19.4 Å². The number of ether oxygens (including phenoxy) is 2. The number of carboxylic acids is 1. The molecule has 0 spiro atoms. The van der Waals surface area contributed by atoms with Crippen LogP contribution in [0.3, 0.4) is 0 Å². The number of carbonyl (C=O) groups is 1. The Morgan fingerprint density at radius 2 is 2.12 bits per heavy atom. The van der Waals surface area contributed by atoms with Crippen LogP contribution in [0, 0.1) is 0 Å². The number of rotatable bonds is 6. The van der Waals surface area contributed by atoms with Crippen LogP contribution in [0.2, 0.25) is 0 Å². The molecule has 1 N–H and O–H groups in total. The van der Waals surface area contributed by atoms with Crippen molar-refractivity contribution in [3.63, 3.8) is 0 Å². The summed E-state index contributed by atoms with van der Waals surface area (Å²) in [5, 5.41) is 8.80. The van der Waals surface area contributed by atoms with Crippen molar-refractivity contribution in [2.24, 2.45) is 0 Å². The Morgan fingerprint density at radius 3 is 2.83 bits per heavy atom. The summed E-state index contributed by atoms with van der Waals surface area (Å²) in [5.74, 6) is 0.666. The van der Waals surface area contributed by atoms with E-state index >= 15 is 0 Å². The SMILES string of the molecule is O=C(O)CCN1CCOC(c2ccc(Oc3cccnc3)cc2)C1. The molecular formula is C18H20N2O4. The van der Waals surface area contributed by atoms with E-state index in [2.05, 4.69) is 9.88 Å². The van der Waals surface area contributed by atoms with Crippen LogP contribution in [0.25, 0.3) is 0 Å². The molecule has 1 aliphatic heterocycles. The number of aliphatic carboxylic acids is 1. The number of pyridine rings is 1. The summed E-state index contributed by atoms with van der Waals surface area (Å²) in [5.41, 5.74) is 1.06. The monoisotopic (exact) mass is 328 g/mol. The lowest BCUT2D eigenvalue weighted by atomic mass is 10.1. The second kappa shape index (κ2) is 7.90. The Bertz CT molecular complexity index is 660. The summed E-state index contributed by atoms with van der Waals surface area (Å²) in [4.78, 5) is 16.8. The summed E-state index contributed by atoms with van der Waals surface area (Å²) >= 11 is 0. The van der Waals surface area contributed by atoms with E-state index in [1.165, 1.54) is 0 Å². The normalized spacial score (nSPS) is 18.2. The number of morpholine rings is 1. The summed E-state index contributed by atoms with van der Waals surface area (Å²) < 4.78 is 11.5. The Hall–Kier alpha value is -2.44. The van der Waals surface area contributed by atoms with E-state index in [0.717, 1.165) is 17.9 Å². The highest BCUT2D eigenvalue weighted by molar-refractivity contribution is 5.66. The van der Waals surface area contributed by atoms with Crippen molar-refractivity contribution >= 4 is 5.97 Å². The highest BCUT2D eigenvalue weighted by Gasteiger charge is 2.22. The van der Waals surface area contributed by atoms with E-state index in [1.54, 1.807) is 12.4 Å². The first kappa shape index (κ1) is 16.4. The van der Waals surface area contributed by atoms with Crippen molar-refractivity contribution in [1.29, 1.82) is 0 Å². The number of hydrogen-bond acceptors (Lipinski definition) is 5. The van der Waals surface area contributed by atoms with Crippen LogP contribution in [0.15, 0.2) is 48.8 Å². The molecule has 6 nitrogen and oxygen atoms in total. The van der Waals surface area contributed by atoms with Crippen LogP contribution < -0.4 is 4.74 Å². The van der Waals surface area contributed by atoms with Crippen LogP contribution in [0.1, 0.15) is 18.1 Å². The van der Waals surface area contributed by atoms with E-state index < -0.39 is 5.97 Å². The number of benzene rings is 1. The Balaban J connectivity index is 1.59. The predicted molar refractivity (Wildman–Crippen MR) is 88.1 cm³/mol. The molecule has 126 valence electrons. The van der Waals surface area contributed by atoms with Gasteiger partial charge in [0.05, 0.1) is 25.3 Å². The third-order valence-electron chi connectivity index (χ3n) is 3.91. The van der Waals surface area contributed by atoms with E-state index in [0.29, 0.717) is 25.4 Å². The maximum absolute atomic E-state index is 10.7.